The van der Waals surface area contributed by atoms with Crippen LogP contribution in [0.25, 0.3) is 11.3 Å². The van der Waals surface area contributed by atoms with Gasteiger partial charge in [0.25, 0.3) is 11.5 Å². The minimum absolute atomic E-state index is 0.0828. The molecular formula is C21H16ClN5O3. The molecule has 0 unspecified atom stereocenters. The molecule has 0 aliphatic rings. The van der Waals surface area contributed by atoms with Crippen LogP contribution in [-0.2, 0) is 9.59 Å². The van der Waals surface area contributed by atoms with E-state index in [9.17, 15) is 19.6 Å². The van der Waals surface area contributed by atoms with Gasteiger partial charge >= 0.3 is 0 Å². The molecule has 150 valence electrons. The van der Waals surface area contributed by atoms with Gasteiger partial charge < -0.3 is 10.6 Å². The zero-order valence-corrected chi connectivity index (χ0v) is 16.6. The molecule has 0 aliphatic heterocycles. The summed E-state index contributed by atoms with van der Waals surface area (Å²) in [6, 6.07) is 15.0. The number of amides is 1. The lowest BCUT2D eigenvalue weighted by molar-refractivity contribution is -0.134. The number of rotatable bonds is 6. The first-order valence-electron chi connectivity index (χ1n) is 8.93. The lowest BCUT2D eigenvalue weighted by atomic mass is 10.1. The summed E-state index contributed by atoms with van der Waals surface area (Å²) in [4.78, 5) is 42.7. The number of anilines is 3. The zero-order valence-electron chi connectivity index (χ0n) is 15.8. The van der Waals surface area contributed by atoms with Crippen molar-refractivity contribution < 1.29 is 9.59 Å². The number of benzene rings is 2. The molecule has 1 aromatic heterocycles. The molecule has 2 aromatic carbocycles. The molecule has 3 rings (SSSR count). The maximum absolute atomic E-state index is 12.4. The van der Waals surface area contributed by atoms with E-state index in [0.29, 0.717) is 22.0 Å². The van der Waals surface area contributed by atoms with Crippen molar-refractivity contribution in [1.29, 1.82) is 5.26 Å². The molecule has 3 aromatic rings. The number of halogens is 1. The molecule has 9 heteroatoms. The van der Waals surface area contributed by atoms with Crippen LogP contribution in [0.1, 0.15) is 18.9 Å². The van der Waals surface area contributed by atoms with Gasteiger partial charge in [-0.25, -0.2) is 4.98 Å². The number of nitriles is 1. The first-order chi connectivity index (χ1) is 14.4. The van der Waals surface area contributed by atoms with Crippen LogP contribution in [0.2, 0.25) is 5.02 Å². The van der Waals surface area contributed by atoms with Gasteiger partial charge in [-0.15, -0.1) is 0 Å². The van der Waals surface area contributed by atoms with E-state index in [1.807, 2.05) is 6.07 Å². The Morgan fingerprint density at radius 3 is 2.57 bits per heavy atom. The number of hydrogen-bond acceptors (Lipinski definition) is 6. The highest BCUT2D eigenvalue weighted by atomic mass is 35.5. The Bertz CT molecular complexity index is 1210. The number of nitrogens with one attached hydrogen (secondary N) is 3. The normalized spacial score (nSPS) is 10.2. The predicted octanol–water partition coefficient (Wildman–Crippen LogP) is 3.62. The van der Waals surface area contributed by atoms with E-state index in [0.717, 1.165) is 0 Å². The van der Waals surface area contributed by atoms with Crippen LogP contribution < -0.4 is 16.2 Å². The number of aromatic amines is 1. The third kappa shape index (κ3) is 4.71. The van der Waals surface area contributed by atoms with Crippen molar-refractivity contribution in [2.24, 2.45) is 0 Å². The molecule has 1 amide bonds. The Morgan fingerprint density at radius 2 is 1.90 bits per heavy atom. The first kappa shape index (κ1) is 20.8. The second-order valence-electron chi connectivity index (χ2n) is 6.19. The summed E-state index contributed by atoms with van der Waals surface area (Å²) in [6.07, 6.45) is 0.0828. The number of hydrogen-bond donors (Lipinski definition) is 3. The van der Waals surface area contributed by atoms with Crippen LogP contribution in [0.5, 0.6) is 0 Å². The number of aromatic nitrogens is 2. The molecule has 1 heterocycles. The van der Waals surface area contributed by atoms with Crippen LogP contribution in [-0.4, -0.2) is 21.7 Å². The highest BCUT2D eigenvalue weighted by Gasteiger charge is 2.16. The van der Waals surface area contributed by atoms with Gasteiger partial charge in [-0.1, -0.05) is 30.7 Å². The SMILES string of the molecule is CCC(=O)C(=O)Nc1cccc(-c2nc(Nc3ccc(Cl)cc3)[nH]c(=O)c2C#N)c1. The van der Waals surface area contributed by atoms with E-state index in [4.69, 9.17) is 11.6 Å². The van der Waals surface area contributed by atoms with Crippen LogP contribution in [0.3, 0.4) is 0 Å². The van der Waals surface area contributed by atoms with Gasteiger partial charge in [0.05, 0.1) is 5.69 Å². The molecule has 0 saturated heterocycles. The van der Waals surface area contributed by atoms with Crippen molar-refractivity contribution in [2.75, 3.05) is 10.6 Å². The predicted molar refractivity (Wildman–Crippen MR) is 114 cm³/mol. The summed E-state index contributed by atoms with van der Waals surface area (Å²) in [5.41, 5.74) is 0.753. The molecule has 0 atom stereocenters. The average Bonchev–Trinajstić information content (AvgIpc) is 2.74. The standard InChI is InChI=1S/C21H16ClN5O3/c1-2-17(28)20(30)24-15-5-3-4-12(10-15)18-16(11-23)19(29)27-21(26-18)25-14-8-6-13(22)7-9-14/h3-10H,2H2,1H3,(H,24,30)(H2,25,26,27,29). The number of H-pyrrole nitrogens is 1. The van der Waals surface area contributed by atoms with Crippen molar-refractivity contribution in [2.45, 2.75) is 13.3 Å². The average molecular weight is 422 g/mol. The maximum atomic E-state index is 12.4. The van der Waals surface area contributed by atoms with Crippen LogP contribution in [0.15, 0.2) is 53.3 Å². The van der Waals surface area contributed by atoms with Gasteiger partial charge in [-0.3, -0.25) is 19.4 Å². The van der Waals surface area contributed by atoms with Crippen molar-refractivity contribution in [3.05, 3.63) is 69.5 Å². The number of carbonyl (C=O) groups excluding carboxylic acids is 2. The fourth-order valence-corrected chi connectivity index (χ4v) is 2.75. The summed E-state index contributed by atoms with van der Waals surface area (Å²) < 4.78 is 0. The zero-order chi connectivity index (χ0) is 21.7. The Morgan fingerprint density at radius 1 is 1.17 bits per heavy atom. The highest BCUT2D eigenvalue weighted by Crippen LogP contribution is 2.24. The van der Waals surface area contributed by atoms with Gasteiger partial charge in [-0.2, -0.15) is 5.26 Å². The van der Waals surface area contributed by atoms with E-state index in [2.05, 4.69) is 20.6 Å². The molecule has 3 N–H and O–H groups in total. The molecule has 0 fully saturated rings. The third-order valence-corrected chi connectivity index (χ3v) is 4.36. The van der Waals surface area contributed by atoms with E-state index in [-0.39, 0.29) is 23.6 Å². The van der Waals surface area contributed by atoms with Gasteiger partial charge in [0.2, 0.25) is 11.7 Å². The van der Waals surface area contributed by atoms with Crippen molar-refractivity contribution in [3.8, 4) is 17.3 Å². The molecule has 0 spiro atoms. The second-order valence-corrected chi connectivity index (χ2v) is 6.63. The lowest BCUT2D eigenvalue weighted by Crippen LogP contribution is -2.21. The van der Waals surface area contributed by atoms with Crippen molar-refractivity contribution in [1.82, 2.24) is 9.97 Å². The highest BCUT2D eigenvalue weighted by molar-refractivity contribution is 6.40. The van der Waals surface area contributed by atoms with Crippen molar-refractivity contribution >= 4 is 40.6 Å². The van der Waals surface area contributed by atoms with Gasteiger partial charge in [-0.05, 0) is 36.4 Å². The Labute approximate surface area is 176 Å². The van der Waals surface area contributed by atoms with Crippen molar-refractivity contribution in [3.63, 3.8) is 0 Å². The summed E-state index contributed by atoms with van der Waals surface area (Å²) >= 11 is 5.88. The summed E-state index contributed by atoms with van der Waals surface area (Å²) in [5, 5.41) is 15.4. The lowest BCUT2D eigenvalue weighted by Gasteiger charge is -2.10. The number of nitrogens with zero attached hydrogens (tertiary/aromatic N) is 2. The summed E-state index contributed by atoms with van der Waals surface area (Å²) in [5.74, 6) is -1.16. The van der Waals surface area contributed by atoms with Crippen LogP contribution in [0, 0.1) is 11.3 Å². The largest absolute Gasteiger partial charge is 0.326 e. The minimum Gasteiger partial charge on any atom is -0.326 e. The Hall–Kier alpha value is -3.96. The maximum Gasteiger partial charge on any atom is 0.291 e. The van der Waals surface area contributed by atoms with E-state index in [1.165, 1.54) is 6.07 Å². The minimum atomic E-state index is -0.737. The fourth-order valence-electron chi connectivity index (χ4n) is 2.62. The molecule has 30 heavy (non-hydrogen) atoms. The molecular weight excluding hydrogens is 406 g/mol. The van der Waals surface area contributed by atoms with E-state index in [1.54, 1.807) is 49.4 Å². The third-order valence-electron chi connectivity index (χ3n) is 4.11. The topological polar surface area (TPSA) is 128 Å². The summed E-state index contributed by atoms with van der Waals surface area (Å²) in [7, 11) is 0. The Kier molecular flexibility index (Phi) is 6.25. The molecule has 0 radical (unpaired) electrons. The molecule has 0 saturated carbocycles. The van der Waals surface area contributed by atoms with Gasteiger partial charge in [0, 0.05) is 28.4 Å². The van der Waals surface area contributed by atoms with Crippen LogP contribution >= 0.6 is 11.6 Å². The van der Waals surface area contributed by atoms with E-state index < -0.39 is 17.2 Å². The molecule has 0 aliphatic carbocycles. The van der Waals surface area contributed by atoms with Crippen LogP contribution in [0.4, 0.5) is 17.3 Å². The number of ketones is 1. The second kappa shape index (κ2) is 9.03. The van der Waals surface area contributed by atoms with Gasteiger partial charge in [0.1, 0.15) is 11.6 Å². The molecule has 0 bridgehead atoms. The quantitative estimate of drug-likeness (QED) is 0.521. The number of Topliss-reactive ketones (excluding diaryl/α,β-unsaturated/α-hetero) is 1. The first-order valence-corrected chi connectivity index (χ1v) is 9.30. The van der Waals surface area contributed by atoms with Gasteiger partial charge in [0.15, 0.2) is 0 Å². The fraction of sp³-hybridized carbons (Fsp3) is 0.0952. The monoisotopic (exact) mass is 421 g/mol. The Balaban J connectivity index is 1.99. The summed E-state index contributed by atoms with van der Waals surface area (Å²) in [6.45, 7) is 1.59. The smallest absolute Gasteiger partial charge is 0.291 e. The number of carbonyl (C=O) groups is 2. The molecule has 8 nitrogen and oxygen atoms in total. The van der Waals surface area contributed by atoms with E-state index >= 15 is 0 Å².